The van der Waals surface area contributed by atoms with Crippen LogP contribution in [0.15, 0.2) is 38.8 Å². The zero-order valence-corrected chi connectivity index (χ0v) is 19.7. The number of nitrogen functional groups attached to an aromatic ring is 1. The molecule has 8 nitrogen and oxygen atoms in total. The van der Waals surface area contributed by atoms with Gasteiger partial charge in [0.15, 0.2) is 0 Å². The Labute approximate surface area is 196 Å². The molecule has 33 heavy (non-hydrogen) atoms. The molecule has 0 spiro atoms. The number of rotatable bonds is 4. The second-order valence-corrected chi connectivity index (χ2v) is 10.0. The third kappa shape index (κ3) is 3.78. The average Bonchev–Trinajstić information content (AvgIpc) is 3.64. The van der Waals surface area contributed by atoms with Gasteiger partial charge in [-0.2, -0.15) is 0 Å². The second-order valence-electron chi connectivity index (χ2n) is 8.93. The van der Waals surface area contributed by atoms with Crippen LogP contribution < -0.4 is 16.1 Å². The average molecular weight is 469 g/mol. The van der Waals surface area contributed by atoms with Gasteiger partial charge >= 0.3 is 5.97 Å². The maximum Gasteiger partial charge on any atom is 0.343 e. The van der Waals surface area contributed by atoms with E-state index < -0.39 is 5.97 Å². The van der Waals surface area contributed by atoms with E-state index >= 15 is 0 Å². The Morgan fingerprint density at radius 1 is 1.36 bits per heavy atom. The first kappa shape index (κ1) is 21.9. The molecule has 174 valence electrons. The molecule has 3 N–H and O–H groups in total. The maximum absolute atomic E-state index is 13.1. The Morgan fingerprint density at radius 2 is 2.15 bits per heavy atom. The molecular weight excluding hydrogens is 440 g/mol. The molecule has 1 aromatic heterocycles. The summed E-state index contributed by atoms with van der Waals surface area (Å²) in [5, 5.41) is 13.7. The van der Waals surface area contributed by atoms with E-state index in [2.05, 4.69) is 17.0 Å². The lowest BCUT2D eigenvalue weighted by Gasteiger charge is -2.36. The van der Waals surface area contributed by atoms with E-state index in [1.165, 1.54) is 4.91 Å². The van der Waals surface area contributed by atoms with Crippen LogP contribution in [0, 0.1) is 5.92 Å². The van der Waals surface area contributed by atoms with E-state index in [4.69, 9.17) is 10.5 Å². The van der Waals surface area contributed by atoms with Crippen molar-refractivity contribution in [1.82, 2.24) is 4.57 Å². The molecule has 2 aliphatic heterocycles. The molecule has 3 aliphatic rings. The highest BCUT2D eigenvalue weighted by Crippen LogP contribution is 2.41. The molecule has 0 saturated heterocycles. The SMILES string of the molecule is CCOC(=O)c1cn(C2CC2)c2cc(N3CCC4=C(C3)/C(=N/O)C(C)CS4)c(N)cc2c1=O. The quantitative estimate of drug-likeness (QED) is 0.304. The number of esters is 1. The minimum absolute atomic E-state index is 0.0492. The van der Waals surface area contributed by atoms with Crippen molar-refractivity contribution in [2.24, 2.45) is 11.1 Å². The molecule has 1 fully saturated rings. The minimum Gasteiger partial charge on any atom is -0.462 e. The number of thioether (sulfide) groups is 1. The zero-order chi connectivity index (χ0) is 23.3. The summed E-state index contributed by atoms with van der Waals surface area (Å²) in [5.74, 6) is 0.512. The smallest absolute Gasteiger partial charge is 0.343 e. The number of benzene rings is 1. The highest BCUT2D eigenvalue weighted by atomic mass is 32.2. The molecule has 0 bridgehead atoms. The Hall–Kier alpha value is -2.94. The predicted octanol–water partition coefficient (Wildman–Crippen LogP) is 3.77. The van der Waals surface area contributed by atoms with Crippen LogP contribution in [0.4, 0.5) is 11.4 Å². The Kier molecular flexibility index (Phi) is 5.60. The number of nitrogens with zero attached hydrogens (tertiary/aromatic N) is 3. The summed E-state index contributed by atoms with van der Waals surface area (Å²) < 4.78 is 7.14. The predicted molar refractivity (Wildman–Crippen MR) is 132 cm³/mol. The number of fused-ring (bicyclic) bond motifs is 1. The fourth-order valence-corrected chi connectivity index (χ4v) is 5.97. The van der Waals surface area contributed by atoms with Crippen molar-refractivity contribution in [3.8, 4) is 0 Å². The molecule has 1 atom stereocenters. The van der Waals surface area contributed by atoms with Gasteiger partial charge in [-0.25, -0.2) is 4.79 Å². The molecule has 3 heterocycles. The lowest BCUT2D eigenvalue weighted by atomic mass is 9.95. The van der Waals surface area contributed by atoms with Crippen LogP contribution in [0.5, 0.6) is 0 Å². The molecule has 5 rings (SSSR count). The number of nitrogens with two attached hydrogens (primary N) is 1. The lowest BCUT2D eigenvalue weighted by molar-refractivity contribution is 0.0524. The summed E-state index contributed by atoms with van der Waals surface area (Å²) in [4.78, 5) is 29.0. The van der Waals surface area contributed by atoms with Gasteiger partial charge in [0.2, 0.25) is 5.43 Å². The van der Waals surface area contributed by atoms with E-state index in [0.29, 0.717) is 17.6 Å². The van der Waals surface area contributed by atoms with Gasteiger partial charge in [0.05, 0.1) is 29.2 Å². The second kappa shape index (κ2) is 8.44. The minimum atomic E-state index is -0.600. The molecule has 0 amide bonds. The number of carbonyl (C=O) groups excluding carboxylic acids is 1. The van der Waals surface area contributed by atoms with E-state index in [1.807, 2.05) is 22.4 Å². The Balaban J connectivity index is 1.60. The van der Waals surface area contributed by atoms with Crippen LogP contribution >= 0.6 is 11.8 Å². The van der Waals surface area contributed by atoms with Gasteiger partial charge in [-0.15, -0.1) is 11.8 Å². The Morgan fingerprint density at radius 3 is 2.85 bits per heavy atom. The monoisotopic (exact) mass is 468 g/mol. The van der Waals surface area contributed by atoms with Gasteiger partial charge in [0, 0.05) is 48.0 Å². The van der Waals surface area contributed by atoms with Crippen molar-refractivity contribution in [3.05, 3.63) is 44.6 Å². The van der Waals surface area contributed by atoms with Gasteiger partial charge < -0.3 is 25.1 Å². The molecule has 2 aromatic rings. The van der Waals surface area contributed by atoms with Gasteiger partial charge in [-0.3, -0.25) is 4.79 Å². The van der Waals surface area contributed by atoms with E-state index in [0.717, 1.165) is 54.0 Å². The van der Waals surface area contributed by atoms with Gasteiger partial charge in [-0.05, 0) is 43.2 Å². The summed E-state index contributed by atoms with van der Waals surface area (Å²) in [7, 11) is 0. The first-order valence-corrected chi connectivity index (χ1v) is 12.4. The first-order valence-electron chi connectivity index (χ1n) is 11.4. The van der Waals surface area contributed by atoms with Crippen LogP contribution in [0.25, 0.3) is 10.9 Å². The lowest BCUT2D eigenvalue weighted by Crippen LogP contribution is -2.38. The number of carbonyl (C=O) groups is 1. The van der Waals surface area contributed by atoms with Crippen LogP contribution in [-0.4, -0.2) is 46.9 Å². The number of aromatic nitrogens is 1. The number of anilines is 2. The van der Waals surface area contributed by atoms with E-state index in [-0.39, 0.29) is 29.6 Å². The zero-order valence-electron chi connectivity index (χ0n) is 18.8. The summed E-state index contributed by atoms with van der Waals surface area (Å²) in [5.41, 5.74) is 10.1. The summed E-state index contributed by atoms with van der Waals surface area (Å²) >= 11 is 1.84. The number of pyridine rings is 1. The van der Waals surface area contributed by atoms with Crippen LogP contribution in [0.3, 0.4) is 0 Å². The summed E-state index contributed by atoms with van der Waals surface area (Å²) in [6.45, 7) is 5.41. The number of ether oxygens (including phenoxy) is 1. The van der Waals surface area contributed by atoms with Crippen molar-refractivity contribution in [3.63, 3.8) is 0 Å². The van der Waals surface area contributed by atoms with E-state index in [9.17, 15) is 14.8 Å². The van der Waals surface area contributed by atoms with Gasteiger partial charge in [0.1, 0.15) is 5.56 Å². The van der Waals surface area contributed by atoms with Crippen molar-refractivity contribution < 1.29 is 14.7 Å². The molecule has 1 saturated carbocycles. The van der Waals surface area contributed by atoms with Crippen LogP contribution in [0.2, 0.25) is 0 Å². The normalized spacial score (nSPS) is 22.1. The third-order valence-corrected chi connectivity index (χ3v) is 8.11. The number of hydrogen-bond donors (Lipinski definition) is 2. The highest BCUT2D eigenvalue weighted by Gasteiger charge is 2.32. The van der Waals surface area contributed by atoms with Gasteiger partial charge in [-0.1, -0.05) is 12.1 Å². The molecule has 0 radical (unpaired) electrons. The maximum atomic E-state index is 13.1. The van der Waals surface area contributed by atoms with Crippen molar-refractivity contribution in [2.45, 2.75) is 39.2 Å². The summed E-state index contributed by atoms with van der Waals surface area (Å²) in [6, 6.07) is 3.93. The summed E-state index contributed by atoms with van der Waals surface area (Å²) in [6.07, 6.45) is 4.52. The number of oxime groups is 1. The third-order valence-electron chi connectivity index (χ3n) is 6.64. The standard InChI is InChI=1S/C24H28N4O4S/c1-3-32-24(30)17-11-28(14-4-5-14)19-9-20(18(25)8-15(19)23(17)29)27-7-6-21-16(10-27)22(26-31)13(2)12-33-21/h8-9,11,13-14,31H,3-7,10,12,25H2,1-2H3/b26-22+. The van der Waals surface area contributed by atoms with Gasteiger partial charge in [0.25, 0.3) is 0 Å². The van der Waals surface area contributed by atoms with Crippen molar-refractivity contribution in [1.29, 1.82) is 0 Å². The molecule has 1 aliphatic carbocycles. The highest BCUT2D eigenvalue weighted by molar-refractivity contribution is 8.03. The Bertz CT molecular complexity index is 1260. The van der Waals surface area contributed by atoms with Crippen molar-refractivity contribution >= 4 is 45.7 Å². The van der Waals surface area contributed by atoms with Crippen LogP contribution in [-0.2, 0) is 4.74 Å². The first-order chi connectivity index (χ1) is 15.9. The molecule has 9 heteroatoms. The topological polar surface area (TPSA) is 110 Å². The number of hydrogen-bond acceptors (Lipinski definition) is 8. The van der Waals surface area contributed by atoms with Crippen LogP contribution in [0.1, 0.15) is 49.5 Å². The van der Waals surface area contributed by atoms with Crippen molar-refractivity contribution in [2.75, 3.05) is 36.1 Å². The molecule has 1 aromatic carbocycles. The largest absolute Gasteiger partial charge is 0.462 e. The van der Waals surface area contributed by atoms with E-state index in [1.54, 1.807) is 19.2 Å². The fraction of sp³-hybridized carbons (Fsp3) is 0.458. The molecular formula is C24H28N4O4S. The molecule has 1 unspecified atom stereocenters. The fourth-order valence-electron chi connectivity index (χ4n) is 4.78.